The predicted molar refractivity (Wildman–Crippen MR) is 75.3 cm³/mol. The summed E-state index contributed by atoms with van der Waals surface area (Å²) in [5.41, 5.74) is 1.18. The Hall–Kier alpha value is -1.86. The molecular formula is C15H21N3O. The molecule has 19 heavy (non-hydrogen) atoms. The lowest BCUT2D eigenvalue weighted by Gasteiger charge is -2.22. The van der Waals surface area contributed by atoms with Gasteiger partial charge in [-0.05, 0) is 11.5 Å². The van der Waals surface area contributed by atoms with Crippen LogP contribution in [0.15, 0.2) is 30.3 Å². The molecule has 0 aliphatic heterocycles. The van der Waals surface area contributed by atoms with Gasteiger partial charge in [0.1, 0.15) is 0 Å². The van der Waals surface area contributed by atoms with Crippen LogP contribution in [0.3, 0.4) is 0 Å². The van der Waals surface area contributed by atoms with Crippen molar-refractivity contribution in [3.63, 3.8) is 0 Å². The van der Waals surface area contributed by atoms with Crippen molar-refractivity contribution in [2.45, 2.75) is 26.3 Å². The number of nitrogens with one attached hydrogen (secondary N) is 2. The Morgan fingerprint density at radius 3 is 2.58 bits per heavy atom. The summed E-state index contributed by atoms with van der Waals surface area (Å²) in [5, 5.41) is 14.4. The number of hydrogen-bond donors (Lipinski definition) is 2. The minimum atomic E-state index is -0.0724. The molecule has 1 aromatic rings. The van der Waals surface area contributed by atoms with Crippen molar-refractivity contribution in [3.8, 4) is 6.07 Å². The normalized spacial score (nSPS) is 11.9. The molecule has 2 N–H and O–H groups in total. The third-order valence-electron chi connectivity index (χ3n) is 2.87. The van der Waals surface area contributed by atoms with Gasteiger partial charge in [0.05, 0.1) is 19.0 Å². The van der Waals surface area contributed by atoms with Gasteiger partial charge in [-0.15, -0.1) is 0 Å². The number of carbonyl (C=O) groups is 1. The van der Waals surface area contributed by atoms with Crippen LogP contribution in [0.1, 0.15) is 31.9 Å². The van der Waals surface area contributed by atoms with Gasteiger partial charge >= 0.3 is 0 Å². The summed E-state index contributed by atoms with van der Waals surface area (Å²) in [6.45, 7) is 4.92. The van der Waals surface area contributed by atoms with Crippen LogP contribution in [-0.4, -0.2) is 19.0 Å². The number of carbonyl (C=O) groups excluding carboxylic acids is 1. The maximum Gasteiger partial charge on any atom is 0.234 e. The van der Waals surface area contributed by atoms with E-state index in [1.54, 1.807) is 0 Å². The molecule has 0 aliphatic carbocycles. The number of amides is 1. The standard InChI is InChI=1S/C15H21N3O/c1-12(2)15(13-7-4-3-5-8-13)18-11-14(19)17-10-6-9-16/h3-5,7-8,12,15,18H,6,10-11H2,1-2H3,(H,17,19)/t15-/m1/s1. The monoisotopic (exact) mass is 259 g/mol. The molecule has 4 heteroatoms. The molecule has 4 nitrogen and oxygen atoms in total. The highest BCUT2D eigenvalue weighted by atomic mass is 16.1. The number of benzene rings is 1. The second kappa shape index (κ2) is 8.28. The van der Waals surface area contributed by atoms with Crippen LogP contribution in [0, 0.1) is 17.2 Å². The summed E-state index contributed by atoms with van der Waals surface area (Å²) in [6.07, 6.45) is 0.345. The van der Waals surface area contributed by atoms with Crippen LogP contribution in [0.25, 0.3) is 0 Å². The Balaban J connectivity index is 2.48. The minimum Gasteiger partial charge on any atom is -0.354 e. The highest BCUT2D eigenvalue weighted by Crippen LogP contribution is 2.20. The number of nitriles is 1. The summed E-state index contributed by atoms with van der Waals surface area (Å²) < 4.78 is 0. The first-order valence-corrected chi connectivity index (χ1v) is 6.57. The van der Waals surface area contributed by atoms with Crippen LogP contribution < -0.4 is 10.6 Å². The Morgan fingerprint density at radius 1 is 1.32 bits per heavy atom. The van der Waals surface area contributed by atoms with E-state index >= 15 is 0 Å². The van der Waals surface area contributed by atoms with Crippen LogP contribution in [0.2, 0.25) is 0 Å². The lowest BCUT2D eigenvalue weighted by atomic mass is 9.96. The fraction of sp³-hybridized carbons (Fsp3) is 0.467. The van der Waals surface area contributed by atoms with E-state index in [1.807, 2.05) is 24.3 Å². The highest BCUT2D eigenvalue weighted by molar-refractivity contribution is 5.78. The van der Waals surface area contributed by atoms with Crippen LogP contribution in [-0.2, 0) is 4.79 Å². The molecule has 0 radical (unpaired) electrons. The molecule has 0 aromatic heterocycles. The molecule has 1 aromatic carbocycles. The Bertz CT molecular complexity index is 423. The van der Waals surface area contributed by atoms with E-state index < -0.39 is 0 Å². The molecule has 0 saturated carbocycles. The van der Waals surface area contributed by atoms with Crippen LogP contribution in [0.5, 0.6) is 0 Å². The van der Waals surface area contributed by atoms with Crippen molar-refractivity contribution >= 4 is 5.91 Å². The lowest BCUT2D eigenvalue weighted by Crippen LogP contribution is -2.37. The summed E-state index contributed by atoms with van der Waals surface area (Å²) in [5.74, 6) is 0.325. The average Bonchev–Trinajstić information content (AvgIpc) is 2.40. The van der Waals surface area contributed by atoms with Crippen molar-refractivity contribution in [3.05, 3.63) is 35.9 Å². The van der Waals surface area contributed by atoms with Gasteiger partial charge in [-0.25, -0.2) is 0 Å². The van der Waals surface area contributed by atoms with E-state index in [9.17, 15) is 4.79 Å². The molecular weight excluding hydrogens is 238 g/mol. The zero-order valence-corrected chi connectivity index (χ0v) is 11.5. The topological polar surface area (TPSA) is 64.9 Å². The van der Waals surface area contributed by atoms with E-state index in [0.717, 1.165) is 0 Å². The zero-order valence-electron chi connectivity index (χ0n) is 11.5. The molecule has 1 atom stereocenters. The van der Waals surface area contributed by atoms with Crippen molar-refractivity contribution < 1.29 is 4.79 Å². The highest BCUT2D eigenvalue weighted by Gasteiger charge is 2.15. The summed E-state index contributed by atoms with van der Waals surface area (Å²) in [7, 11) is 0. The molecule has 0 aliphatic rings. The average molecular weight is 259 g/mol. The van der Waals surface area contributed by atoms with Crippen LogP contribution in [0.4, 0.5) is 0 Å². The van der Waals surface area contributed by atoms with Gasteiger partial charge in [-0.1, -0.05) is 44.2 Å². The van der Waals surface area contributed by atoms with Gasteiger partial charge < -0.3 is 10.6 Å². The second-order valence-electron chi connectivity index (χ2n) is 4.77. The third-order valence-corrected chi connectivity index (χ3v) is 2.87. The minimum absolute atomic E-state index is 0.0724. The largest absolute Gasteiger partial charge is 0.354 e. The lowest BCUT2D eigenvalue weighted by molar-refractivity contribution is -0.120. The fourth-order valence-corrected chi connectivity index (χ4v) is 1.92. The van der Waals surface area contributed by atoms with Gasteiger partial charge in [-0.3, -0.25) is 4.79 Å². The van der Waals surface area contributed by atoms with Crippen molar-refractivity contribution in [1.82, 2.24) is 10.6 Å². The second-order valence-corrected chi connectivity index (χ2v) is 4.77. The molecule has 1 rings (SSSR count). The summed E-state index contributed by atoms with van der Waals surface area (Å²) in [6, 6.07) is 12.3. The van der Waals surface area contributed by atoms with Crippen molar-refractivity contribution in [2.24, 2.45) is 5.92 Å². The number of nitrogens with zero attached hydrogens (tertiary/aromatic N) is 1. The maximum absolute atomic E-state index is 11.6. The van der Waals surface area contributed by atoms with Gasteiger partial charge in [0.15, 0.2) is 0 Å². The smallest absolute Gasteiger partial charge is 0.234 e. The molecule has 0 bridgehead atoms. The first-order chi connectivity index (χ1) is 9.15. The Morgan fingerprint density at radius 2 is 2.00 bits per heavy atom. The van der Waals surface area contributed by atoms with E-state index in [-0.39, 0.29) is 18.5 Å². The van der Waals surface area contributed by atoms with E-state index in [2.05, 4.69) is 36.6 Å². The van der Waals surface area contributed by atoms with Crippen molar-refractivity contribution in [2.75, 3.05) is 13.1 Å². The Labute approximate surface area is 114 Å². The molecule has 0 fully saturated rings. The maximum atomic E-state index is 11.6. The van der Waals surface area contributed by atoms with Crippen LogP contribution >= 0.6 is 0 Å². The molecule has 0 unspecified atom stereocenters. The third kappa shape index (κ3) is 5.54. The molecule has 0 heterocycles. The molecule has 1 amide bonds. The SMILES string of the molecule is CC(C)[C@@H](NCC(=O)NCCC#N)c1ccccc1. The fourth-order valence-electron chi connectivity index (χ4n) is 1.92. The first kappa shape index (κ1) is 15.2. The first-order valence-electron chi connectivity index (χ1n) is 6.57. The van der Waals surface area contributed by atoms with Gasteiger partial charge in [0.2, 0.25) is 5.91 Å². The Kier molecular flexibility index (Phi) is 6.62. The quantitative estimate of drug-likeness (QED) is 0.736. The number of rotatable bonds is 7. The predicted octanol–water partition coefficient (Wildman–Crippen LogP) is 2.00. The van der Waals surface area contributed by atoms with E-state index in [4.69, 9.17) is 5.26 Å². The molecule has 102 valence electrons. The van der Waals surface area contributed by atoms with Crippen molar-refractivity contribution in [1.29, 1.82) is 5.26 Å². The summed E-state index contributed by atoms with van der Waals surface area (Å²) >= 11 is 0. The van der Waals surface area contributed by atoms with E-state index in [0.29, 0.717) is 18.9 Å². The number of hydrogen-bond acceptors (Lipinski definition) is 3. The summed E-state index contributed by atoms with van der Waals surface area (Å²) in [4.78, 5) is 11.6. The molecule has 0 saturated heterocycles. The van der Waals surface area contributed by atoms with Gasteiger partial charge in [0, 0.05) is 12.6 Å². The molecule has 0 spiro atoms. The van der Waals surface area contributed by atoms with Gasteiger partial charge in [-0.2, -0.15) is 5.26 Å². The van der Waals surface area contributed by atoms with E-state index in [1.165, 1.54) is 5.56 Å². The zero-order chi connectivity index (χ0) is 14.1. The van der Waals surface area contributed by atoms with Gasteiger partial charge in [0.25, 0.3) is 0 Å².